The fraction of sp³-hybridized carbons (Fsp3) is 0.423. The highest BCUT2D eigenvalue weighted by molar-refractivity contribution is 7.91. The molecule has 2 aromatic carbocycles. The van der Waals surface area contributed by atoms with Crippen LogP contribution in [0.2, 0.25) is 0 Å². The molecule has 1 fully saturated rings. The smallest absolute Gasteiger partial charge is 0.410 e. The monoisotopic (exact) mass is 501 g/mol. The van der Waals surface area contributed by atoms with E-state index >= 15 is 0 Å². The average molecular weight is 502 g/mol. The van der Waals surface area contributed by atoms with E-state index in [4.69, 9.17) is 4.74 Å². The topological polar surface area (TPSA) is 71.9 Å². The van der Waals surface area contributed by atoms with Gasteiger partial charge in [-0.15, -0.1) is 0 Å². The Morgan fingerprint density at radius 1 is 1.03 bits per heavy atom. The fourth-order valence-electron chi connectivity index (χ4n) is 4.29. The molecule has 0 spiro atoms. The third kappa shape index (κ3) is 5.15. The quantitative estimate of drug-likeness (QED) is 0.488. The molecule has 188 valence electrons. The number of sulfone groups is 1. The molecule has 9 heteroatoms. The van der Waals surface area contributed by atoms with Crippen LogP contribution < -0.4 is 4.90 Å². The molecule has 0 atom stereocenters. The Morgan fingerprint density at radius 2 is 1.71 bits per heavy atom. The van der Waals surface area contributed by atoms with Gasteiger partial charge in [0.15, 0.2) is 0 Å². The van der Waals surface area contributed by atoms with Gasteiger partial charge in [0.25, 0.3) is 0 Å². The Labute approximate surface area is 206 Å². The first kappa shape index (κ1) is 25.0. The van der Waals surface area contributed by atoms with Crippen LogP contribution in [0.15, 0.2) is 58.5 Å². The van der Waals surface area contributed by atoms with E-state index in [0.29, 0.717) is 37.1 Å². The van der Waals surface area contributed by atoms with Crippen LogP contribution in [-0.2, 0) is 14.6 Å². The lowest BCUT2D eigenvalue weighted by atomic mass is 10.2. The molecule has 0 aliphatic carbocycles. The highest BCUT2D eigenvalue weighted by Gasteiger charge is 2.28. The summed E-state index contributed by atoms with van der Waals surface area (Å²) in [4.78, 5) is 16.3. The van der Waals surface area contributed by atoms with E-state index in [2.05, 4.69) is 4.90 Å². The first-order valence-corrected chi connectivity index (χ1v) is 13.2. The third-order valence-electron chi connectivity index (χ3n) is 6.03. The molecule has 35 heavy (non-hydrogen) atoms. The van der Waals surface area contributed by atoms with E-state index in [1.54, 1.807) is 35.4 Å². The summed E-state index contributed by atoms with van der Waals surface area (Å²) < 4.78 is 48.7. The Kier molecular flexibility index (Phi) is 6.57. The van der Waals surface area contributed by atoms with Crippen molar-refractivity contribution < 1.29 is 22.3 Å². The number of ether oxygens (including phenoxy) is 1. The summed E-state index contributed by atoms with van der Waals surface area (Å²) in [6.07, 6.45) is 1.25. The Hall–Kier alpha value is -3.07. The highest BCUT2D eigenvalue weighted by atomic mass is 32.2. The molecule has 1 amide bonds. The maximum atomic E-state index is 14.1. The number of nitrogens with zero attached hydrogens (tertiary/aromatic N) is 3. The molecule has 0 saturated carbocycles. The highest BCUT2D eigenvalue weighted by Crippen LogP contribution is 2.34. The molecule has 1 aromatic heterocycles. The predicted octanol–water partition coefficient (Wildman–Crippen LogP) is 5.25. The Morgan fingerprint density at radius 3 is 2.34 bits per heavy atom. The minimum Gasteiger partial charge on any atom is -0.444 e. The largest absolute Gasteiger partial charge is 0.444 e. The summed E-state index contributed by atoms with van der Waals surface area (Å²) in [5, 5.41) is 0.370. The molecule has 3 aromatic rings. The van der Waals surface area contributed by atoms with Gasteiger partial charge in [-0.25, -0.2) is 17.6 Å². The first-order valence-electron chi connectivity index (χ1n) is 11.7. The molecular weight excluding hydrogens is 469 g/mol. The number of aromatic nitrogens is 1. The van der Waals surface area contributed by atoms with Gasteiger partial charge in [-0.2, -0.15) is 0 Å². The Balaban J connectivity index is 1.60. The van der Waals surface area contributed by atoms with E-state index in [-0.39, 0.29) is 21.9 Å². The van der Waals surface area contributed by atoms with Crippen LogP contribution >= 0.6 is 0 Å². The molecule has 0 radical (unpaired) electrons. The zero-order valence-electron chi connectivity index (χ0n) is 20.8. The Bertz CT molecular complexity index is 1350. The van der Waals surface area contributed by atoms with Gasteiger partial charge in [-0.05, 0) is 71.0 Å². The molecule has 0 unspecified atom stereocenters. The number of hydrogen-bond acceptors (Lipinski definition) is 5. The summed E-state index contributed by atoms with van der Waals surface area (Å²) in [6, 6.07) is 11.0. The number of benzene rings is 2. The lowest BCUT2D eigenvalue weighted by Gasteiger charge is -2.36. The summed E-state index contributed by atoms with van der Waals surface area (Å²) in [7, 11) is -3.90. The molecular formula is C26H32FN3O4S. The van der Waals surface area contributed by atoms with Gasteiger partial charge in [0.1, 0.15) is 11.4 Å². The third-order valence-corrected chi connectivity index (χ3v) is 7.81. The van der Waals surface area contributed by atoms with Crippen molar-refractivity contribution in [2.24, 2.45) is 0 Å². The van der Waals surface area contributed by atoms with Crippen molar-refractivity contribution in [3.8, 4) is 0 Å². The normalized spacial score (nSPS) is 15.2. The van der Waals surface area contributed by atoms with Crippen molar-refractivity contribution in [2.45, 2.75) is 56.1 Å². The van der Waals surface area contributed by atoms with Gasteiger partial charge >= 0.3 is 6.09 Å². The lowest BCUT2D eigenvalue weighted by Crippen LogP contribution is -2.50. The van der Waals surface area contributed by atoms with E-state index < -0.39 is 21.3 Å². The number of rotatable bonds is 4. The van der Waals surface area contributed by atoms with Gasteiger partial charge in [0, 0.05) is 55.0 Å². The molecule has 0 bridgehead atoms. The number of carbonyl (C=O) groups is 1. The van der Waals surface area contributed by atoms with Crippen molar-refractivity contribution in [1.82, 2.24) is 9.47 Å². The number of hydrogen-bond donors (Lipinski definition) is 0. The van der Waals surface area contributed by atoms with Crippen LogP contribution in [0.1, 0.15) is 40.7 Å². The van der Waals surface area contributed by atoms with Crippen molar-refractivity contribution >= 4 is 32.5 Å². The molecule has 1 saturated heterocycles. The molecule has 0 N–H and O–H groups in total. The van der Waals surface area contributed by atoms with Crippen LogP contribution in [0.5, 0.6) is 0 Å². The number of carbonyl (C=O) groups excluding carboxylic acids is 1. The lowest BCUT2D eigenvalue weighted by molar-refractivity contribution is 0.0240. The number of piperazine rings is 1. The molecule has 7 nitrogen and oxygen atoms in total. The predicted molar refractivity (Wildman–Crippen MR) is 134 cm³/mol. The molecule has 4 rings (SSSR count). The van der Waals surface area contributed by atoms with Gasteiger partial charge in [0.2, 0.25) is 9.84 Å². The molecule has 1 aliphatic heterocycles. The SMILES string of the molecule is CC(C)n1cc(S(=O)(=O)c2cccc(N3CCN(C(=O)OC(C)(C)C)CC3)c2)c2cc(F)ccc21. The van der Waals surface area contributed by atoms with Gasteiger partial charge in [-0.1, -0.05) is 6.07 Å². The summed E-state index contributed by atoms with van der Waals surface area (Å²) in [5.74, 6) is -0.480. The second-order valence-corrected chi connectivity index (χ2v) is 12.0. The van der Waals surface area contributed by atoms with E-state index in [0.717, 1.165) is 5.69 Å². The first-order chi connectivity index (χ1) is 16.4. The number of fused-ring (bicyclic) bond motifs is 1. The number of halogens is 1. The summed E-state index contributed by atoms with van der Waals surface area (Å²) >= 11 is 0. The van der Waals surface area contributed by atoms with E-state index in [1.807, 2.05) is 45.3 Å². The van der Waals surface area contributed by atoms with Crippen molar-refractivity contribution in [2.75, 3.05) is 31.1 Å². The van der Waals surface area contributed by atoms with Crippen LogP contribution in [0.3, 0.4) is 0 Å². The second-order valence-electron chi connectivity index (χ2n) is 10.1. The van der Waals surface area contributed by atoms with Gasteiger partial charge in [-0.3, -0.25) is 0 Å². The maximum absolute atomic E-state index is 14.1. The van der Waals surface area contributed by atoms with Crippen LogP contribution in [0.4, 0.5) is 14.9 Å². The minimum absolute atomic E-state index is 0.0134. The van der Waals surface area contributed by atoms with Crippen molar-refractivity contribution in [1.29, 1.82) is 0 Å². The van der Waals surface area contributed by atoms with Gasteiger partial charge in [0.05, 0.1) is 9.79 Å². The number of anilines is 1. The van der Waals surface area contributed by atoms with Crippen molar-refractivity contribution in [3.05, 3.63) is 54.5 Å². The zero-order chi connectivity index (χ0) is 25.5. The van der Waals surface area contributed by atoms with Crippen molar-refractivity contribution in [3.63, 3.8) is 0 Å². The fourth-order valence-corrected chi connectivity index (χ4v) is 5.78. The van der Waals surface area contributed by atoms with E-state index in [9.17, 15) is 17.6 Å². The maximum Gasteiger partial charge on any atom is 0.410 e. The van der Waals surface area contributed by atoms with E-state index in [1.165, 1.54) is 12.1 Å². The standard InChI is InChI=1S/C26H32FN3O4S/c1-18(2)30-17-24(22-15-19(27)9-10-23(22)30)35(32,33)21-8-6-7-20(16-21)28-11-13-29(14-12-28)25(31)34-26(3,4)5/h6-10,15-18H,11-14H2,1-5H3. The summed E-state index contributed by atoms with van der Waals surface area (Å²) in [6.45, 7) is 11.5. The molecule has 1 aliphatic rings. The van der Waals surface area contributed by atoms with Crippen LogP contribution in [0, 0.1) is 5.82 Å². The average Bonchev–Trinajstić information content (AvgIpc) is 3.18. The zero-order valence-corrected chi connectivity index (χ0v) is 21.6. The van der Waals surface area contributed by atoms with Crippen LogP contribution in [0.25, 0.3) is 10.9 Å². The number of amides is 1. The van der Waals surface area contributed by atoms with Gasteiger partial charge < -0.3 is 19.1 Å². The molecule has 2 heterocycles. The second kappa shape index (κ2) is 9.18. The minimum atomic E-state index is -3.90. The van der Waals surface area contributed by atoms with Crippen LogP contribution in [-0.4, -0.2) is 55.8 Å². The summed E-state index contributed by atoms with van der Waals surface area (Å²) in [5.41, 5.74) is 0.876.